The van der Waals surface area contributed by atoms with Crippen LogP contribution in [0.4, 0.5) is 0 Å². The molecule has 5 nitrogen and oxygen atoms in total. The van der Waals surface area contributed by atoms with Crippen molar-refractivity contribution in [3.8, 4) is 11.5 Å². The third-order valence-corrected chi connectivity index (χ3v) is 4.73. The van der Waals surface area contributed by atoms with Crippen LogP contribution in [-0.4, -0.2) is 30.9 Å². The van der Waals surface area contributed by atoms with Crippen LogP contribution < -0.4 is 14.8 Å². The topological polar surface area (TPSA) is 64.6 Å². The SMILES string of the molecule is CC(=O)c1ccc(CCNC(=O)C2COc3ccccc3O2)s1. The van der Waals surface area contributed by atoms with Crippen molar-refractivity contribution in [3.05, 3.63) is 46.2 Å². The smallest absolute Gasteiger partial charge is 0.264 e. The Morgan fingerprint density at radius 1 is 1.22 bits per heavy atom. The van der Waals surface area contributed by atoms with Crippen molar-refractivity contribution in [1.29, 1.82) is 0 Å². The lowest BCUT2D eigenvalue weighted by Gasteiger charge is -2.25. The summed E-state index contributed by atoms with van der Waals surface area (Å²) in [4.78, 5) is 25.2. The Hall–Kier alpha value is -2.34. The van der Waals surface area contributed by atoms with E-state index in [1.807, 2.05) is 30.3 Å². The average Bonchev–Trinajstić information content (AvgIpc) is 3.03. The van der Waals surface area contributed by atoms with Crippen molar-refractivity contribution >= 4 is 23.0 Å². The Morgan fingerprint density at radius 2 is 2.00 bits per heavy atom. The molecule has 1 amide bonds. The molecule has 1 atom stereocenters. The first-order valence-electron chi connectivity index (χ1n) is 7.39. The fourth-order valence-corrected chi connectivity index (χ4v) is 3.18. The summed E-state index contributed by atoms with van der Waals surface area (Å²) in [6, 6.07) is 11.0. The molecule has 1 N–H and O–H groups in total. The normalized spacial score (nSPS) is 16.0. The van der Waals surface area contributed by atoms with E-state index >= 15 is 0 Å². The maximum Gasteiger partial charge on any atom is 0.264 e. The molecule has 120 valence electrons. The van der Waals surface area contributed by atoms with E-state index in [1.54, 1.807) is 13.0 Å². The van der Waals surface area contributed by atoms with Gasteiger partial charge in [0.05, 0.1) is 4.88 Å². The van der Waals surface area contributed by atoms with E-state index in [0.29, 0.717) is 24.5 Å². The van der Waals surface area contributed by atoms with Crippen LogP contribution in [0.2, 0.25) is 0 Å². The van der Waals surface area contributed by atoms with Gasteiger partial charge in [0, 0.05) is 11.4 Å². The molecule has 2 heterocycles. The Kier molecular flexibility index (Phi) is 4.62. The molecule has 1 unspecified atom stereocenters. The molecule has 23 heavy (non-hydrogen) atoms. The third kappa shape index (κ3) is 3.71. The second-order valence-corrected chi connectivity index (χ2v) is 6.40. The van der Waals surface area contributed by atoms with Gasteiger partial charge in [-0.15, -0.1) is 11.3 Å². The fraction of sp³-hybridized carbons (Fsp3) is 0.294. The van der Waals surface area contributed by atoms with E-state index < -0.39 is 6.10 Å². The van der Waals surface area contributed by atoms with Crippen LogP contribution in [0.25, 0.3) is 0 Å². The highest BCUT2D eigenvalue weighted by Gasteiger charge is 2.26. The van der Waals surface area contributed by atoms with E-state index in [1.165, 1.54) is 11.3 Å². The molecule has 0 saturated carbocycles. The second-order valence-electron chi connectivity index (χ2n) is 5.23. The van der Waals surface area contributed by atoms with E-state index in [0.717, 1.165) is 9.75 Å². The van der Waals surface area contributed by atoms with Gasteiger partial charge < -0.3 is 14.8 Å². The number of ketones is 1. The van der Waals surface area contributed by atoms with Crippen LogP contribution in [0.15, 0.2) is 36.4 Å². The molecular weight excluding hydrogens is 314 g/mol. The van der Waals surface area contributed by atoms with Crippen molar-refractivity contribution in [3.63, 3.8) is 0 Å². The molecule has 1 aliphatic rings. The van der Waals surface area contributed by atoms with E-state index in [-0.39, 0.29) is 18.3 Å². The van der Waals surface area contributed by atoms with Crippen molar-refractivity contribution in [2.75, 3.05) is 13.2 Å². The quantitative estimate of drug-likeness (QED) is 0.855. The average molecular weight is 331 g/mol. The van der Waals surface area contributed by atoms with Crippen molar-refractivity contribution in [2.24, 2.45) is 0 Å². The lowest BCUT2D eigenvalue weighted by atomic mass is 10.2. The summed E-state index contributed by atoms with van der Waals surface area (Å²) >= 11 is 1.46. The molecule has 0 aliphatic carbocycles. The molecule has 3 rings (SSSR count). The highest BCUT2D eigenvalue weighted by atomic mass is 32.1. The second kappa shape index (κ2) is 6.83. The van der Waals surface area contributed by atoms with Crippen LogP contribution in [0.1, 0.15) is 21.5 Å². The first kappa shape index (κ1) is 15.6. The highest BCUT2D eigenvalue weighted by Crippen LogP contribution is 2.30. The van der Waals surface area contributed by atoms with Crippen LogP contribution >= 0.6 is 11.3 Å². The molecule has 0 fully saturated rings. The lowest BCUT2D eigenvalue weighted by molar-refractivity contribution is -0.130. The van der Waals surface area contributed by atoms with E-state index in [9.17, 15) is 9.59 Å². The predicted molar refractivity (Wildman–Crippen MR) is 87.4 cm³/mol. The van der Waals surface area contributed by atoms with Crippen molar-refractivity contribution in [2.45, 2.75) is 19.4 Å². The van der Waals surface area contributed by atoms with Gasteiger partial charge in [0.25, 0.3) is 5.91 Å². The summed E-state index contributed by atoms with van der Waals surface area (Å²) in [6.45, 7) is 2.25. The van der Waals surface area contributed by atoms with Gasteiger partial charge in [0.1, 0.15) is 6.61 Å². The molecule has 6 heteroatoms. The standard InChI is InChI=1S/C17H17NO4S/c1-11(19)16-7-6-12(23-16)8-9-18-17(20)15-10-21-13-4-2-3-5-14(13)22-15/h2-7,15H,8-10H2,1H3,(H,18,20). The van der Waals surface area contributed by atoms with Crippen LogP contribution in [-0.2, 0) is 11.2 Å². The zero-order valence-electron chi connectivity index (χ0n) is 12.7. The minimum atomic E-state index is -0.638. The maximum atomic E-state index is 12.1. The number of benzene rings is 1. The Labute approximate surface area is 138 Å². The molecule has 2 aromatic rings. The van der Waals surface area contributed by atoms with Gasteiger partial charge in [-0.05, 0) is 37.6 Å². The van der Waals surface area contributed by atoms with Crippen LogP contribution in [0, 0.1) is 0 Å². The number of amides is 1. The Bertz CT molecular complexity index is 725. The zero-order valence-corrected chi connectivity index (χ0v) is 13.5. The highest BCUT2D eigenvalue weighted by molar-refractivity contribution is 7.14. The van der Waals surface area contributed by atoms with Gasteiger partial charge in [0.2, 0.25) is 6.10 Å². The molecule has 0 saturated heterocycles. The number of carbonyl (C=O) groups excluding carboxylic acids is 2. The maximum absolute atomic E-state index is 12.1. The lowest BCUT2D eigenvalue weighted by Crippen LogP contribution is -2.44. The molecule has 1 aromatic heterocycles. The summed E-state index contributed by atoms with van der Waals surface area (Å²) in [5, 5.41) is 2.85. The van der Waals surface area contributed by atoms with Gasteiger partial charge >= 0.3 is 0 Å². The fourth-order valence-electron chi connectivity index (χ4n) is 2.27. The van der Waals surface area contributed by atoms with E-state index in [4.69, 9.17) is 9.47 Å². The van der Waals surface area contributed by atoms with Gasteiger partial charge in [-0.1, -0.05) is 12.1 Å². The first-order chi connectivity index (χ1) is 11.1. The molecule has 1 aliphatic heterocycles. The van der Waals surface area contributed by atoms with E-state index in [2.05, 4.69) is 5.32 Å². The Balaban J connectivity index is 1.49. The summed E-state index contributed by atoms with van der Waals surface area (Å²) in [5.41, 5.74) is 0. The largest absolute Gasteiger partial charge is 0.485 e. The molecule has 0 spiro atoms. The number of para-hydroxylation sites is 2. The van der Waals surface area contributed by atoms with Crippen LogP contribution in [0.3, 0.4) is 0 Å². The number of thiophene rings is 1. The summed E-state index contributed by atoms with van der Waals surface area (Å²) in [5.74, 6) is 1.12. The minimum absolute atomic E-state index is 0.0664. The molecule has 0 radical (unpaired) electrons. The van der Waals surface area contributed by atoms with Crippen molar-refractivity contribution < 1.29 is 19.1 Å². The minimum Gasteiger partial charge on any atom is -0.485 e. The number of hydrogen-bond acceptors (Lipinski definition) is 5. The summed E-state index contributed by atoms with van der Waals surface area (Å²) in [6.07, 6.45) is 0.0504. The number of hydrogen-bond donors (Lipinski definition) is 1. The van der Waals surface area contributed by atoms with Crippen molar-refractivity contribution in [1.82, 2.24) is 5.32 Å². The Morgan fingerprint density at radius 3 is 2.74 bits per heavy atom. The zero-order chi connectivity index (χ0) is 16.2. The number of ether oxygens (including phenoxy) is 2. The molecule has 0 bridgehead atoms. The molecular formula is C17H17NO4S. The van der Waals surface area contributed by atoms with Gasteiger partial charge in [-0.2, -0.15) is 0 Å². The predicted octanol–water partition coefficient (Wildman–Crippen LogP) is 2.45. The number of nitrogens with one attached hydrogen (secondary N) is 1. The summed E-state index contributed by atoms with van der Waals surface area (Å²) < 4.78 is 11.2. The third-order valence-electron chi connectivity index (χ3n) is 3.48. The van der Waals surface area contributed by atoms with Gasteiger partial charge in [-0.25, -0.2) is 0 Å². The van der Waals surface area contributed by atoms with Crippen LogP contribution in [0.5, 0.6) is 11.5 Å². The number of rotatable bonds is 5. The van der Waals surface area contributed by atoms with Gasteiger partial charge in [-0.3, -0.25) is 9.59 Å². The number of carbonyl (C=O) groups is 2. The number of Topliss-reactive ketones (excluding diaryl/α,β-unsaturated/α-hetero) is 1. The van der Waals surface area contributed by atoms with Gasteiger partial charge in [0.15, 0.2) is 17.3 Å². The first-order valence-corrected chi connectivity index (χ1v) is 8.21. The summed E-state index contributed by atoms with van der Waals surface area (Å²) in [7, 11) is 0. The number of fused-ring (bicyclic) bond motifs is 1. The monoisotopic (exact) mass is 331 g/mol. The molecule has 1 aromatic carbocycles.